The van der Waals surface area contributed by atoms with Gasteiger partial charge in [-0.25, -0.2) is 4.79 Å². The Morgan fingerprint density at radius 3 is 2.17 bits per heavy atom. The van der Waals surface area contributed by atoms with Gasteiger partial charge < -0.3 is 18.9 Å². The van der Waals surface area contributed by atoms with Crippen LogP contribution >= 0.6 is 15.9 Å². The van der Waals surface area contributed by atoms with E-state index in [-0.39, 0.29) is 13.2 Å². The largest absolute Gasteiger partial charge is 0.497 e. The van der Waals surface area contributed by atoms with Gasteiger partial charge in [0.15, 0.2) is 0 Å². The smallest absolute Gasteiger partial charge is 0.339 e. The van der Waals surface area contributed by atoms with E-state index in [9.17, 15) is 4.79 Å². The van der Waals surface area contributed by atoms with Crippen molar-refractivity contribution in [2.24, 2.45) is 0 Å². The van der Waals surface area contributed by atoms with E-state index in [4.69, 9.17) is 18.9 Å². The molecule has 0 spiro atoms. The van der Waals surface area contributed by atoms with Gasteiger partial charge in [0, 0.05) is 4.47 Å². The summed E-state index contributed by atoms with van der Waals surface area (Å²) in [6.45, 7) is 0.411. The predicted octanol–water partition coefficient (Wildman–Crippen LogP) is 3.70. The zero-order valence-electron chi connectivity index (χ0n) is 12.9. The Labute approximate surface area is 143 Å². The monoisotopic (exact) mass is 380 g/mol. The van der Waals surface area contributed by atoms with Crippen LogP contribution in [0.2, 0.25) is 0 Å². The molecule has 0 heterocycles. The van der Waals surface area contributed by atoms with Gasteiger partial charge in [-0.2, -0.15) is 0 Å². The molecule has 0 radical (unpaired) electrons. The molecule has 2 rings (SSSR count). The molecule has 2 aromatic carbocycles. The van der Waals surface area contributed by atoms with Crippen molar-refractivity contribution in [2.45, 2.75) is 0 Å². The maximum absolute atomic E-state index is 12.0. The lowest BCUT2D eigenvalue weighted by atomic mass is 10.2. The second-order valence-corrected chi connectivity index (χ2v) is 5.36. The van der Waals surface area contributed by atoms with Crippen molar-refractivity contribution in [3.05, 3.63) is 52.5 Å². The summed E-state index contributed by atoms with van der Waals surface area (Å²) < 4.78 is 21.5. The van der Waals surface area contributed by atoms with Gasteiger partial charge in [0.1, 0.15) is 30.5 Å². The number of carbonyl (C=O) groups excluding carboxylic acids is 1. The van der Waals surface area contributed by atoms with Gasteiger partial charge in [-0.15, -0.1) is 0 Å². The van der Waals surface area contributed by atoms with Gasteiger partial charge in [-0.3, -0.25) is 0 Å². The molecule has 23 heavy (non-hydrogen) atoms. The summed E-state index contributed by atoms with van der Waals surface area (Å²) >= 11 is 3.32. The van der Waals surface area contributed by atoms with Crippen molar-refractivity contribution in [2.75, 3.05) is 27.4 Å². The Balaban J connectivity index is 1.82. The Hall–Kier alpha value is -2.21. The van der Waals surface area contributed by atoms with Crippen molar-refractivity contribution in [1.29, 1.82) is 0 Å². The molecule has 6 heteroatoms. The topological polar surface area (TPSA) is 54.0 Å². The molecular weight excluding hydrogens is 364 g/mol. The average Bonchev–Trinajstić information content (AvgIpc) is 2.59. The normalized spacial score (nSPS) is 10.0. The number of rotatable bonds is 7. The van der Waals surface area contributed by atoms with Crippen molar-refractivity contribution in [1.82, 2.24) is 0 Å². The fourth-order valence-electron chi connectivity index (χ4n) is 1.83. The van der Waals surface area contributed by atoms with Gasteiger partial charge >= 0.3 is 5.97 Å². The van der Waals surface area contributed by atoms with Crippen LogP contribution in [-0.4, -0.2) is 33.4 Å². The molecule has 0 N–H and O–H groups in total. The molecule has 0 aliphatic heterocycles. The van der Waals surface area contributed by atoms with Crippen molar-refractivity contribution in [3.63, 3.8) is 0 Å². The van der Waals surface area contributed by atoms with Crippen LogP contribution in [0.3, 0.4) is 0 Å². The summed E-state index contributed by atoms with van der Waals surface area (Å²) in [7, 11) is 3.15. The molecule has 0 aromatic heterocycles. The Bertz CT molecular complexity index is 655. The average molecular weight is 381 g/mol. The van der Waals surface area contributed by atoms with E-state index in [1.165, 1.54) is 0 Å². The quantitative estimate of drug-likeness (QED) is 0.541. The third-order valence-corrected chi connectivity index (χ3v) is 3.73. The van der Waals surface area contributed by atoms with Crippen LogP contribution in [0, 0.1) is 0 Å². The minimum absolute atomic E-state index is 0.147. The van der Waals surface area contributed by atoms with Crippen LogP contribution in [0.1, 0.15) is 10.4 Å². The first-order valence-electron chi connectivity index (χ1n) is 6.91. The first-order chi connectivity index (χ1) is 11.1. The number of halogens is 1. The zero-order valence-corrected chi connectivity index (χ0v) is 14.5. The third-order valence-electron chi connectivity index (χ3n) is 3.04. The molecule has 0 aliphatic carbocycles. The first-order valence-corrected chi connectivity index (χ1v) is 7.71. The Kier molecular flexibility index (Phi) is 6.29. The molecule has 2 aromatic rings. The summed E-state index contributed by atoms with van der Waals surface area (Å²) in [6, 6.07) is 12.3. The van der Waals surface area contributed by atoms with E-state index in [1.807, 2.05) is 0 Å². The van der Waals surface area contributed by atoms with E-state index in [1.54, 1.807) is 56.7 Å². The molecule has 0 aliphatic rings. The molecule has 0 amide bonds. The van der Waals surface area contributed by atoms with Gasteiger partial charge in [-0.1, -0.05) is 0 Å². The van der Waals surface area contributed by atoms with Crippen LogP contribution < -0.4 is 14.2 Å². The number of ether oxygens (including phenoxy) is 4. The number of benzene rings is 2. The highest BCUT2D eigenvalue weighted by Gasteiger charge is 2.12. The standard InChI is InChI=1S/C17H17BrO5/c1-20-12-3-5-13(6-4-12)22-9-10-23-17(19)15-11-14(21-2)7-8-16(15)18/h3-8,11H,9-10H2,1-2H3. The fraction of sp³-hybridized carbons (Fsp3) is 0.235. The van der Waals surface area contributed by atoms with E-state index >= 15 is 0 Å². The van der Waals surface area contributed by atoms with Crippen LogP contribution in [0.4, 0.5) is 0 Å². The lowest BCUT2D eigenvalue weighted by Crippen LogP contribution is -2.13. The van der Waals surface area contributed by atoms with Crippen LogP contribution in [0.5, 0.6) is 17.2 Å². The number of esters is 1. The van der Waals surface area contributed by atoms with Gasteiger partial charge in [-0.05, 0) is 58.4 Å². The summed E-state index contributed by atoms with van der Waals surface area (Å²) in [5, 5.41) is 0. The van der Waals surface area contributed by atoms with Crippen LogP contribution in [-0.2, 0) is 4.74 Å². The maximum Gasteiger partial charge on any atom is 0.339 e. The number of carbonyl (C=O) groups is 1. The summed E-state index contributed by atoms with van der Waals surface area (Å²) in [6.07, 6.45) is 0. The highest BCUT2D eigenvalue weighted by molar-refractivity contribution is 9.10. The predicted molar refractivity (Wildman–Crippen MR) is 89.5 cm³/mol. The Morgan fingerprint density at radius 1 is 0.913 bits per heavy atom. The molecule has 0 bridgehead atoms. The van der Waals surface area contributed by atoms with Crippen molar-refractivity contribution in [3.8, 4) is 17.2 Å². The summed E-state index contributed by atoms with van der Waals surface area (Å²) in [5.41, 5.74) is 0.411. The number of methoxy groups -OCH3 is 2. The van der Waals surface area contributed by atoms with E-state index in [2.05, 4.69) is 15.9 Å². The number of hydrogen-bond donors (Lipinski definition) is 0. The van der Waals surface area contributed by atoms with Crippen LogP contribution in [0.15, 0.2) is 46.9 Å². The zero-order chi connectivity index (χ0) is 16.7. The van der Waals surface area contributed by atoms with Crippen LogP contribution in [0.25, 0.3) is 0 Å². The highest BCUT2D eigenvalue weighted by atomic mass is 79.9. The minimum Gasteiger partial charge on any atom is -0.497 e. The van der Waals surface area contributed by atoms with Gasteiger partial charge in [0.05, 0.1) is 19.8 Å². The minimum atomic E-state index is -0.436. The second kappa shape index (κ2) is 8.43. The lowest BCUT2D eigenvalue weighted by molar-refractivity contribution is 0.0449. The molecule has 0 saturated heterocycles. The number of hydrogen-bond acceptors (Lipinski definition) is 5. The maximum atomic E-state index is 12.0. The van der Waals surface area contributed by atoms with Gasteiger partial charge in [0.2, 0.25) is 0 Å². The fourth-order valence-corrected chi connectivity index (χ4v) is 2.24. The third kappa shape index (κ3) is 4.89. The molecule has 122 valence electrons. The molecular formula is C17H17BrO5. The molecule has 0 fully saturated rings. The summed E-state index contributed by atoms with van der Waals surface area (Å²) in [5.74, 6) is 1.60. The lowest BCUT2D eigenvalue weighted by Gasteiger charge is -2.09. The molecule has 5 nitrogen and oxygen atoms in total. The van der Waals surface area contributed by atoms with Gasteiger partial charge in [0.25, 0.3) is 0 Å². The van der Waals surface area contributed by atoms with E-state index in [0.29, 0.717) is 21.5 Å². The van der Waals surface area contributed by atoms with E-state index in [0.717, 1.165) is 5.75 Å². The second-order valence-electron chi connectivity index (χ2n) is 4.51. The molecule has 0 unspecified atom stereocenters. The summed E-state index contributed by atoms with van der Waals surface area (Å²) in [4.78, 5) is 12.0. The van der Waals surface area contributed by atoms with Crippen molar-refractivity contribution < 1.29 is 23.7 Å². The molecule has 0 saturated carbocycles. The van der Waals surface area contributed by atoms with Crippen molar-refractivity contribution >= 4 is 21.9 Å². The van der Waals surface area contributed by atoms with E-state index < -0.39 is 5.97 Å². The molecule has 0 atom stereocenters. The SMILES string of the molecule is COc1ccc(OCCOC(=O)c2cc(OC)ccc2Br)cc1. The highest BCUT2D eigenvalue weighted by Crippen LogP contribution is 2.23. The Morgan fingerprint density at radius 2 is 1.52 bits per heavy atom. The first kappa shape index (κ1) is 17.1.